The minimum atomic E-state index is -0.393. The van der Waals surface area contributed by atoms with Gasteiger partial charge in [0, 0.05) is 30.0 Å². The highest BCUT2D eigenvalue weighted by molar-refractivity contribution is 5.52. The molecule has 1 saturated heterocycles. The van der Waals surface area contributed by atoms with Gasteiger partial charge in [-0.15, -0.1) is 0 Å². The lowest BCUT2D eigenvalue weighted by atomic mass is 9.68. The molecule has 2 heterocycles. The maximum absolute atomic E-state index is 6.60. The fourth-order valence-corrected chi connectivity index (χ4v) is 5.61. The first kappa shape index (κ1) is 22.8. The molecule has 0 amide bonds. The SMILES string of the molecule is COc1ccc2c(c1)OC(C)(C)[C@@H](c1ccccc1)C2c1ccc(OCCN2CCCC2)cc1. The summed E-state index contributed by atoms with van der Waals surface area (Å²) < 4.78 is 18.2. The van der Waals surface area contributed by atoms with Crippen LogP contribution in [-0.2, 0) is 0 Å². The van der Waals surface area contributed by atoms with E-state index in [1.165, 1.54) is 42.6 Å². The normalized spacial score (nSPS) is 21.5. The zero-order valence-electron chi connectivity index (χ0n) is 20.5. The first-order valence-corrected chi connectivity index (χ1v) is 12.4. The van der Waals surface area contributed by atoms with Crippen molar-refractivity contribution in [3.8, 4) is 17.2 Å². The number of hydrogen-bond donors (Lipinski definition) is 0. The Morgan fingerprint density at radius 2 is 1.59 bits per heavy atom. The molecular weight excluding hydrogens is 422 g/mol. The summed E-state index contributed by atoms with van der Waals surface area (Å²) in [4.78, 5) is 2.48. The second kappa shape index (κ2) is 9.71. The highest BCUT2D eigenvalue weighted by Crippen LogP contribution is 2.53. The van der Waals surface area contributed by atoms with Crippen molar-refractivity contribution in [2.45, 2.75) is 44.1 Å². The van der Waals surface area contributed by atoms with Crippen molar-refractivity contribution in [1.29, 1.82) is 0 Å². The molecule has 34 heavy (non-hydrogen) atoms. The molecule has 3 aromatic rings. The molecule has 1 fully saturated rings. The average Bonchev–Trinajstić information content (AvgIpc) is 3.37. The molecule has 0 radical (unpaired) electrons. The Bertz CT molecular complexity index is 1090. The molecular formula is C30H35NO3. The predicted octanol–water partition coefficient (Wildman–Crippen LogP) is 6.26. The third kappa shape index (κ3) is 4.65. The maximum atomic E-state index is 6.60. The lowest BCUT2D eigenvalue weighted by Gasteiger charge is -2.45. The molecule has 0 spiro atoms. The van der Waals surface area contributed by atoms with Gasteiger partial charge in [0.2, 0.25) is 0 Å². The van der Waals surface area contributed by atoms with Crippen molar-refractivity contribution >= 4 is 0 Å². The van der Waals surface area contributed by atoms with E-state index in [-0.39, 0.29) is 11.8 Å². The Morgan fingerprint density at radius 1 is 0.882 bits per heavy atom. The average molecular weight is 458 g/mol. The molecule has 4 nitrogen and oxygen atoms in total. The van der Waals surface area contributed by atoms with Gasteiger partial charge in [0.1, 0.15) is 29.5 Å². The van der Waals surface area contributed by atoms with Crippen LogP contribution in [0.15, 0.2) is 72.8 Å². The molecule has 0 bridgehead atoms. The standard InChI is InChI=1S/C30H35NO3/c1-30(2)29(23-9-5-4-6-10-23)28(26-16-15-25(32-3)21-27(26)34-30)22-11-13-24(14-12-22)33-20-19-31-17-7-8-18-31/h4-6,9-16,21,28-29H,7-8,17-20H2,1-3H3/t28?,29-/m0/s1. The van der Waals surface area contributed by atoms with Gasteiger partial charge in [-0.2, -0.15) is 0 Å². The quantitative estimate of drug-likeness (QED) is 0.419. The van der Waals surface area contributed by atoms with Crippen molar-refractivity contribution < 1.29 is 14.2 Å². The molecule has 2 aliphatic heterocycles. The first-order valence-electron chi connectivity index (χ1n) is 12.4. The van der Waals surface area contributed by atoms with E-state index in [2.05, 4.69) is 79.4 Å². The number of benzene rings is 3. The van der Waals surface area contributed by atoms with Crippen LogP contribution in [-0.4, -0.2) is 43.9 Å². The minimum absolute atomic E-state index is 0.158. The largest absolute Gasteiger partial charge is 0.497 e. The second-order valence-corrected chi connectivity index (χ2v) is 9.94. The van der Waals surface area contributed by atoms with Crippen LogP contribution in [0.4, 0.5) is 0 Å². The summed E-state index contributed by atoms with van der Waals surface area (Å²) in [6.07, 6.45) is 2.62. The monoisotopic (exact) mass is 457 g/mol. The fraction of sp³-hybridized carbons (Fsp3) is 0.400. The molecule has 0 saturated carbocycles. The van der Waals surface area contributed by atoms with Gasteiger partial charge in [-0.25, -0.2) is 0 Å². The summed E-state index contributed by atoms with van der Waals surface area (Å²) in [5.74, 6) is 2.96. The Kier molecular flexibility index (Phi) is 6.51. The summed E-state index contributed by atoms with van der Waals surface area (Å²) >= 11 is 0. The van der Waals surface area contributed by atoms with Gasteiger partial charge in [0.15, 0.2) is 0 Å². The molecule has 2 aliphatic rings. The van der Waals surface area contributed by atoms with Crippen LogP contribution in [0.2, 0.25) is 0 Å². The van der Waals surface area contributed by atoms with E-state index in [0.29, 0.717) is 0 Å². The van der Waals surface area contributed by atoms with Gasteiger partial charge >= 0.3 is 0 Å². The highest BCUT2D eigenvalue weighted by atomic mass is 16.5. The van der Waals surface area contributed by atoms with Gasteiger partial charge in [-0.3, -0.25) is 4.90 Å². The number of methoxy groups -OCH3 is 1. The van der Waals surface area contributed by atoms with E-state index < -0.39 is 5.60 Å². The summed E-state index contributed by atoms with van der Waals surface area (Å²) in [6.45, 7) is 8.52. The van der Waals surface area contributed by atoms with E-state index in [4.69, 9.17) is 14.2 Å². The van der Waals surface area contributed by atoms with E-state index in [9.17, 15) is 0 Å². The minimum Gasteiger partial charge on any atom is -0.497 e. The topological polar surface area (TPSA) is 30.9 Å². The molecule has 5 rings (SSSR count). The smallest absolute Gasteiger partial charge is 0.127 e. The Hall–Kier alpha value is -2.98. The Balaban J connectivity index is 1.46. The van der Waals surface area contributed by atoms with Crippen LogP contribution >= 0.6 is 0 Å². The lowest BCUT2D eigenvalue weighted by molar-refractivity contribution is 0.0528. The van der Waals surface area contributed by atoms with Crippen LogP contribution in [0.1, 0.15) is 55.2 Å². The Labute approximate surface area is 203 Å². The van der Waals surface area contributed by atoms with E-state index in [0.717, 1.165) is 30.4 Å². The highest BCUT2D eigenvalue weighted by Gasteiger charge is 2.45. The number of fused-ring (bicyclic) bond motifs is 1. The van der Waals surface area contributed by atoms with Crippen molar-refractivity contribution in [3.05, 3.63) is 89.5 Å². The Morgan fingerprint density at radius 3 is 2.29 bits per heavy atom. The molecule has 2 atom stereocenters. The molecule has 0 aliphatic carbocycles. The van der Waals surface area contributed by atoms with Crippen LogP contribution in [0, 0.1) is 0 Å². The molecule has 178 valence electrons. The summed E-state index contributed by atoms with van der Waals surface area (Å²) in [6, 6.07) is 25.6. The summed E-state index contributed by atoms with van der Waals surface area (Å²) in [5.41, 5.74) is 3.35. The zero-order valence-corrected chi connectivity index (χ0v) is 20.5. The van der Waals surface area contributed by atoms with Crippen molar-refractivity contribution in [3.63, 3.8) is 0 Å². The van der Waals surface area contributed by atoms with Crippen LogP contribution in [0.5, 0.6) is 17.2 Å². The van der Waals surface area contributed by atoms with Gasteiger partial charge in [-0.05, 0) is 69.1 Å². The molecule has 0 aromatic heterocycles. The number of nitrogens with zero attached hydrogens (tertiary/aromatic N) is 1. The third-order valence-electron chi connectivity index (χ3n) is 7.28. The van der Waals surface area contributed by atoms with Gasteiger partial charge in [0.25, 0.3) is 0 Å². The number of ether oxygens (including phenoxy) is 3. The molecule has 0 N–H and O–H groups in total. The zero-order chi connectivity index (χ0) is 23.5. The van der Waals surface area contributed by atoms with Crippen molar-refractivity contribution in [1.82, 2.24) is 4.90 Å². The van der Waals surface area contributed by atoms with E-state index in [1.807, 2.05) is 12.1 Å². The third-order valence-corrected chi connectivity index (χ3v) is 7.28. The molecule has 1 unspecified atom stereocenters. The van der Waals surface area contributed by atoms with Crippen LogP contribution in [0.25, 0.3) is 0 Å². The maximum Gasteiger partial charge on any atom is 0.127 e. The van der Waals surface area contributed by atoms with Gasteiger partial charge in [-0.1, -0.05) is 48.5 Å². The van der Waals surface area contributed by atoms with Gasteiger partial charge in [0.05, 0.1) is 7.11 Å². The van der Waals surface area contributed by atoms with Crippen LogP contribution in [0.3, 0.4) is 0 Å². The summed E-state index contributed by atoms with van der Waals surface area (Å²) in [5, 5.41) is 0. The van der Waals surface area contributed by atoms with Crippen LogP contribution < -0.4 is 14.2 Å². The molecule has 3 aromatic carbocycles. The first-order chi connectivity index (χ1) is 16.5. The number of hydrogen-bond acceptors (Lipinski definition) is 4. The molecule has 4 heteroatoms. The van der Waals surface area contributed by atoms with E-state index in [1.54, 1.807) is 7.11 Å². The predicted molar refractivity (Wildman–Crippen MR) is 136 cm³/mol. The fourth-order valence-electron chi connectivity index (χ4n) is 5.61. The second-order valence-electron chi connectivity index (χ2n) is 9.94. The van der Waals surface area contributed by atoms with Crippen molar-refractivity contribution in [2.75, 3.05) is 33.4 Å². The lowest BCUT2D eigenvalue weighted by Crippen LogP contribution is -2.43. The van der Waals surface area contributed by atoms with Gasteiger partial charge < -0.3 is 14.2 Å². The van der Waals surface area contributed by atoms with Crippen molar-refractivity contribution in [2.24, 2.45) is 0 Å². The number of rotatable bonds is 7. The van der Waals surface area contributed by atoms with E-state index >= 15 is 0 Å². The summed E-state index contributed by atoms with van der Waals surface area (Å²) in [7, 11) is 1.70. The number of likely N-dealkylation sites (tertiary alicyclic amines) is 1.